The molecule has 2 aromatic carbocycles. The molecule has 1 unspecified atom stereocenters. The van der Waals surface area contributed by atoms with E-state index < -0.39 is 6.10 Å². The van der Waals surface area contributed by atoms with E-state index in [0.29, 0.717) is 12.1 Å². The monoisotopic (exact) mass is 273 g/mol. The SMILES string of the molecule is CCc1ccc(N(C)CC(O)c2ccccc2F)cc1. The van der Waals surface area contributed by atoms with Crippen molar-refractivity contribution in [3.05, 3.63) is 65.5 Å². The van der Waals surface area contributed by atoms with Gasteiger partial charge in [0.25, 0.3) is 0 Å². The van der Waals surface area contributed by atoms with Crippen molar-refractivity contribution in [1.82, 2.24) is 0 Å². The first kappa shape index (κ1) is 14.5. The second kappa shape index (κ2) is 6.53. The molecule has 0 radical (unpaired) electrons. The Balaban J connectivity index is 2.06. The summed E-state index contributed by atoms with van der Waals surface area (Å²) in [7, 11) is 1.89. The molecule has 2 aromatic rings. The highest BCUT2D eigenvalue weighted by atomic mass is 19.1. The summed E-state index contributed by atoms with van der Waals surface area (Å²) in [5, 5.41) is 10.2. The second-order valence-electron chi connectivity index (χ2n) is 4.94. The fraction of sp³-hybridized carbons (Fsp3) is 0.294. The molecular weight excluding hydrogens is 253 g/mol. The Hall–Kier alpha value is -1.87. The van der Waals surface area contributed by atoms with Crippen LogP contribution >= 0.6 is 0 Å². The van der Waals surface area contributed by atoms with Crippen molar-refractivity contribution in [2.75, 3.05) is 18.5 Å². The van der Waals surface area contributed by atoms with Gasteiger partial charge in [0, 0.05) is 24.8 Å². The van der Waals surface area contributed by atoms with E-state index in [2.05, 4.69) is 19.1 Å². The van der Waals surface area contributed by atoms with Gasteiger partial charge in [-0.1, -0.05) is 37.3 Å². The summed E-state index contributed by atoms with van der Waals surface area (Å²) >= 11 is 0. The van der Waals surface area contributed by atoms with Gasteiger partial charge < -0.3 is 10.0 Å². The smallest absolute Gasteiger partial charge is 0.129 e. The summed E-state index contributed by atoms with van der Waals surface area (Å²) in [5.41, 5.74) is 2.62. The summed E-state index contributed by atoms with van der Waals surface area (Å²) in [4.78, 5) is 1.93. The van der Waals surface area contributed by atoms with Crippen LogP contribution in [0.1, 0.15) is 24.2 Å². The van der Waals surface area contributed by atoms with Gasteiger partial charge in [-0.2, -0.15) is 0 Å². The molecule has 1 atom stereocenters. The summed E-state index contributed by atoms with van der Waals surface area (Å²) in [6.07, 6.45) is 0.161. The summed E-state index contributed by atoms with van der Waals surface area (Å²) in [6.45, 7) is 2.47. The molecule has 106 valence electrons. The Morgan fingerprint density at radius 3 is 2.35 bits per heavy atom. The number of hydrogen-bond acceptors (Lipinski definition) is 2. The van der Waals surface area contributed by atoms with Gasteiger partial charge >= 0.3 is 0 Å². The number of rotatable bonds is 5. The molecule has 0 heterocycles. The number of nitrogens with zero attached hydrogens (tertiary/aromatic N) is 1. The lowest BCUT2D eigenvalue weighted by atomic mass is 10.1. The van der Waals surface area contributed by atoms with E-state index in [0.717, 1.165) is 12.1 Å². The van der Waals surface area contributed by atoms with Crippen molar-refractivity contribution < 1.29 is 9.50 Å². The molecule has 1 N–H and O–H groups in total. The van der Waals surface area contributed by atoms with Crippen LogP contribution in [0.4, 0.5) is 10.1 Å². The highest BCUT2D eigenvalue weighted by molar-refractivity contribution is 5.47. The molecule has 0 aromatic heterocycles. The zero-order chi connectivity index (χ0) is 14.5. The third-order valence-corrected chi connectivity index (χ3v) is 3.50. The van der Waals surface area contributed by atoms with E-state index in [1.54, 1.807) is 18.2 Å². The van der Waals surface area contributed by atoms with Crippen molar-refractivity contribution in [3.8, 4) is 0 Å². The molecule has 0 bridgehead atoms. The van der Waals surface area contributed by atoms with Gasteiger partial charge in [-0.15, -0.1) is 0 Å². The van der Waals surface area contributed by atoms with E-state index >= 15 is 0 Å². The number of benzene rings is 2. The van der Waals surface area contributed by atoms with E-state index in [9.17, 15) is 9.50 Å². The lowest BCUT2D eigenvalue weighted by Crippen LogP contribution is -2.24. The van der Waals surface area contributed by atoms with Crippen LogP contribution in [0.2, 0.25) is 0 Å². The molecule has 3 heteroatoms. The standard InChI is InChI=1S/C17H20FNO/c1-3-13-8-10-14(11-9-13)19(2)12-17(20)15-6-4-5-7-16(15)18/h4-11,17,20H,3,12H2,1-2H3. The van der Waals surface area contributed by atoms with Crippen LogP contribution in [0.15, 0.2) is 48.5 Å². The first-order valence-electron chi connectivity index (χ1n) is 6.84. The highest BCUT2D eigenvalue weighted by Crippen LogP contribution is 2.21. The van der Waals surface area contributed by atoms with Crippen molar-refractivity contribution >= 4 is 5.69 Å². The predicted molar refractivity (Wildman–Crippen MR) is 80.4 cm³/mol. The van der Waals surface area contributed by atoms with E-state index in [-0.39, 0.29) is 5.82 Å². The zero-order valence-electron chi connectivity index (χ0n) is 11.9. The van der Waals surface area contributed by atoms with Crippen LogP contribution in [-0.2, 0) is 6.42 Å². The largest absolute Gasteiger partial charge is 0.386 e. The van der Waals surface area contributed by atoms with Crippen molar-refractivity contribution in [3.63, 3.8) is 0 Å². The summed E-state index contributed by atoms with van der Waals surface area (Å²) in [5.74, 6) is -0.366. The Kier molecular flexibility index (Phi) is 4.74. The average Bonchev–Trinajstić information content (AvgIpc) is 2.47. The predicted octanol–water partition coefficient (Wildman–Crippen LogP) is 3.56. The van der Waals surface area contributed by atoms with Crippen molar-refractivity contribution in [2.45, 2.75) is 19.4 Å². The number of aliphatic hydroxyl groups is 1. The van der Waals surface area contributed by atoms with Crippen molar-refractivity contribution in [2.24, 2.45) is 0 Å². The fourth-order valence-corrected chi connectivity index (χ4v) is 2.19. The molecular formula is C17H20FNO. The maximum absolute atomic E-state index is 13.6. The molecule has 0 fully saturated rings. The van der Waals surface area contributed by atoms with Crippen LogP contribution in [-0.4, -0.2) is 18.7 Å². The maximum atomic E-state index is 13.6. The zero-order valence-corrected chi connectivity index (χ0v) is 11.9. The van der Waals surface area contributed by atoms with Crippen LogP contribution in [0.5, 0.6) is 0 Å². The van der Waals surface area contributed by atoms with Crippen LogP contribution in [0, 0.1) is 5.82 Å². The fourth-order valence-electron chi connectivity index (χ4n) is 2.19. The van der Waals surface area contributed by atoms with E-state index in [1.165, 1.54) is 11.6 Å². The number of anilines is 1. The van der Waals surface area contributed by atoms with Crippen molar-refractivity contribution in [1.29, 1.82) is 0 Å². The molecule has 2 rings (SSSR count). The lowest BCUT2D eigenvalue weighted by Gasteiger charge is -2.23. The van der Waals surface area contributed by atoms with Gasteiger partial charge in [0.1, 0.15) is 5.82 Å². The van der Waals surface area contributed by atoms with E-state index in [4.69, 9.17) is 0 Å². The second-order valence-corrected chi connectivity index (χ2v) is 4.94. The number of likely N-dealkylation sites (N-methyl/N-ethyl adjacent to an activating group) is 1. The summed E-state index contributed by atoms with van der Waals surface area (Å²) < 4.78 is 13.6. The third-order valence-electron chi connectivity index (χ3n) is 3.50. The van der Waals surface area contributed by atoms with Gasteiger partial charge in [-0.25, -0.2) is 4.39 Å². The van der Waals surface area contributed by atoms with Gasteiger partial charge in [-0.3, -0.25) is 0 Å². The minimum Gasteiger partial charge on any atom is -0.386 e. The molecule has 2 nitrogen and oxygen atoms in total. The van der Waals surface area contributed by atoms with Crippen LogP contribution in [0.3, 0.4) is 0 Å². The van der Waals surface area contributed by atoms with E-state index in [1.807, 2.05) is 24.1 Å². The lowest BCUT2D eigenvalue weighted by molar-refractivity contribution is 0.180. The summed E-state index contributed by atoms with van der Waals surface area (Å²) in [6, 6.07) is 14.5. The molecule has 0 amide bonds. The maximum Gasteiger partial charge on any atom is 0.129 e. The Bertz CT molecular complexity index is 553. The quantitative estimate of drug-likeness (QED) is 0.900. The first-order chi connectivity index (χ1) is 9.61. The normalized spacial score (nSPS) is 12.2. The Labute approximate surface area is 119 Å². The van der Waals surface area contributed by atoms with Crippen LogP contribution in [0.25, 0.3) is 0 Å². The van der Waals surface area contributed by atoms with Gasteiger partial charge in [-0.05, 0) is 30.2 Å². The average molecular weight is 273 g/mol. The molecule has 0 spiro atoms. The number of aryl methyl sites for hydroxylation is 1. The molecule has 0 aliphatic carbocycles. The molecule has 20 heavy (non-hydrogen) atoms. The third kappa shape index (κ3) is 3.36. The van der Waals surface area contributed by atoms with Gasteiger partial charge in [0.05, 0.1) is 6.10 Å². The van der Waals surface area contributed by atoms with Gasteiger partial charge in [0.15, 0.2) is 0 Å². The minimum atomic E-state index is -0.841. The number of hydrogen-bond donors (Lipinski definition) is 1. The van der Waals surface area contributed by atoms with Crippen LogP contribution < -0.4 is 4.90 Å². The molecule has 0 aliphatic rings. The Morgan fingerprint density at radius 2 is 1.75 bits per heavy atom. The number of aliphatic hydroxyl groups excluding tert-OH is 1. The topological polar surface area (TPSA) is 23.5 Å². The molecule has 0 saturated carbocycles. The first-order valence-corrected chi connectivity index (χ1v) is 6.84. The minimum absolute atomic E-state index is 0.338. The highest BCUT2D eigenvalue weighted by Gasteiger charge is 2.14. The van der Waals surface area contributed by atoms with Gasteiger partial charge in [0.2, 0.25) is 0 Å². The molecule has 0 aliphatic heterocycles. The number of halogens is 1. The molecule has 0 saturated heterocycles. The Morgan fingerprint density at radius 1 is 1.10 bits per heavy atom.